The number of benzene rings is 1. The topological polar surface area (TPSA) is 96.3 Å². The number of hydrogen-bond acceptors (Lipinski definition) is 5. The lowest BCUT2D eigenvalue weighted by molar-refractivity contribution is 0.0690. The molecular weight excluding hydrogens is 243 g/mol. The highest BCUT2D eigenvalue weighted by molar-refractivity contribution is 5.84. The molecule has 18 heavy (non-hydrogen) atoms. The number of hydrogen-bond donors (Lipinski definition) is 1. The predicted molar refractivity (Wildman–Crippen MR) is 54.7 cm³/mol. The van der Waals surface area contributed by atoms with E-state index in [9.17, 15) is 9.18 Å². The normalized spacial score (nSPS) is 9.78. The smallest absolute Gasteiger partial charge is 0.399 e. The number of carboxylic acids is 1. The Kier molecular flexibility index (Phi) is 2.93. The third kappa shape index (κ3) is 2.12. The molecule has 0 amide bonds. The van der Waals surface area contributed by atoms with E-state index in [1.54, 1.807) is 6.07 Å². The van der Waals surface area contributed by atoms with Crippen molar-refractivity contribution >= 4 is 5.97 Å². The second-order valence-corrected chi connectivity index (χ2v) is 3.13. The largest absolute Gasteiger partial charge is 0.476 e. The van der Waals surface area contributed by atoms with E-state index >= 15 is 0 Å². The van der Waals surface area contributed by atoms with Crippen molar-refractivity contribution in [3.05, 3.63) is 41.5 Å². The molecule has 90 valence electrons. The van der Waals surface area contributed by atoms with Gasteiger partial charge in [0, 0.05) is 0 Å². The summed E-state index contributed by atoms with van der Waals surface area (Å²) < 4.78 is 23.0. The van der Waals surface area contributed by atoms with Crippen molar-refractivity contribution in [2.75, 3.05) is 0 Å². The van der Waals surface area contributed by atoms with Gasteiger partial charge in [0.25, 0.3) is 0 Å². The van der Waals surface area contributed by atoms with Crippen molar-refractivity contribution in [1.29, 1.82) is 5.26 Å². The van der Waals surface area contributed by atoms with Crippen LogP contribution in [0.2, 0.25) is 0 Å². The fraction of sp³-hybridized carbons (Fsp3) is 0. The van der Waals surface area contributed by atoms with Gasteiger partial charge in [-0.25, -0.2) is 9.18 Å². The molecule has 0 fully saturated rings. The minimum atomic E-state index is -1.28. The monoisotopic (exact) mass is 248 g/mol. The van der Waals surface area contributed by atoms with Crippen molar-refractivity contribution in [3.8, 4) is 17.9 Å². The van der Waals surface area contributed by atoms with E-state index in [4.69, 9.17) is 19.5 Å². The van der Waals surface area contributed by atoms with Crippen molar-refractivity contribution in [2.24, 2.45) is 0 Å². The number of halogens is 1. The van der Waals surface area contributed by atoms with Crippen LogP contribution in [0.4, 0.5) is 4.39 Å². The van der Waals surface area contributed by atoms with Gasteiger partial charge in [0.05, 0.1) is 0 Å². The predicted octanol–water partition coefficient (Wildman–Crippen LogP) is 2.18. The molecule has 0 bridgehead atoms. The van der Waals surface area contributed by atoms with Gasteiger partial charge in [0.15, 0.2) is 11.4 Å². The number of carboxylic acid groups (broad SMARTS) is 1. The van der Waals surface area contributed by atoms with Gasteiger partial charge < -0.3 is 14.3 Å². The minimum absolute atomic E-state index is 0.101. The van der Waals surface area contributed by atoms with Gasteiger partial charge >= 0.3 is 12.0 Å². The molecule has 2 rings (SSSR count). The molecule has 0 atom stereocenters. The molecule has 0 aliphatic heterocycles. The highest BCUT2D eigenvalue weighted by atomic mass is 19.1. The number of aromatic carboxylic acids is 1. The van der Waals surface area contributed by atoms with Gasteiger partial charge in [0.2, 0.25) is 0 Å². The van der Waals surface area contributed by atoms with Crippen LogP contribution in [-0.4, -0.2) is 16.1 Å². The van der Waals surface area contributed by atoms with Gasteiger partial charge in [0.1, 0.15) is 23.7 Å². The molecule has 1 aromatic heterocycles. The molecule has 1 aromatic carbocycles. The quantitative estimate of drug-likeness (QED) is 0.894. The van der Waals surface area contributed by atoms with Crippen LogP contribution in [0.5, 0.6) is 11.8 Å². The lowest BCUT2D eigenvalue weighted by Gasteiger charge is -2.02. The highest BCUT2D eigenvalue weighted by Crippen LogP contribution is 2.26. The first-order valence-electron chi connectivity index (χ1n) is 4.67. The molecule has 0 saturated heterocycles. The molecule has 7 heteroatoms. The molecule has 6 nitrogen and oxygen atoms in total. The standard InChI is InChI=1S/C11H5FN2O4/c12-7-2-1-3-9(6(7)4-13)18-11-14-8(5-17-11)10(15)16/h1-3,5H,(H,15,16). The minimum Gasteiger partial charge on any atom is -0.476 e. The summed E-state index contributed by atoms with van der Waals surface area (Å²) in [5, 5.41) is 17.4. The van der Waals surface area contributed by atoms with Crippen LogP contribution in [0.15, 0.2) is 28.9 Å². The van der Waals surface area contributed by atoms with E-state index in [-0.39, 0.29) is 23.1 Å². The maximum Gasteiger partial charge on any atom is 0.399 e. The number of rotatable bonds is 3. The van der Waals surface area contributed by atoms with E-state index in [0.29, 0.717) is 0 Å². The van der Waals surface area contributed by atoms with Gasteiger partial charge in [-0.2, -0.15) is 10.2 Å². The van der Waals surface area contributed by atoms with E-state index in [0.717, 1.165) is 12.3 Å². The van der Waals surface area contributed by atoms with Gasteiger partial charge in [-0.3, -0.25) is 0 Å². The Bertz CT molecular complexity index is 645. The molecule has 0 unspecified atom stereocenters. The Labute approximate surface area is 99.9 Å². The Hall–Kier alpha value is -2.88. The first-order valence-corrected chi connectivity index (χ1v) is 4.67. The van der Waals surface area contributed by atoms with Crippen molar-refractivity contribution in [3.63, 3.8) is 0 Å². The van der Waals surface area contributed by atoms with E-state index in [1.807, 2.05) is 0 Å². The Balaban J connectivity index is 2.31. The average molecular weight is 248 g/mol. The molecule has 0 aliphatic rings. The Morgan fingerprint density at radius 2 is 2.33 bits per heavy atom. The fourth-order valence-electron chi connectivity index (χ4n) is 1.19. The lowest BCUT2D eigenvalue weighted by Crippen LogP contribution is -1.96. The number of nitriles is 1. The van der Waals surface area contributed by atoms with Crippen molar-refractivity contribution in [1.82, 2.24) is 4.98 Å². The van der Waals surface area contributed by atoms with Crippen LogP contribution in [0.1, 0.15) is 16.1 Å². The van der Waals surface area contributed by atoms with Crippen molar-refractivity contribution < 1.29 is 23.4 Å². The van der Waals surface area contributed by atoms with E-state index < -0.39 is 11.8 Å². The van der Waals surface area contributed by atoms with E-state index in [1.165, 1.54) is 12.1 Å². The van der Waals surface area contributed by atoms with Crippen LogP contribution in [0.3, 0.4) is 0 Å². The van der Waals surface area contributed by atoms with Gasteiger partial charge in [-0.1, -0.05) is 6.07 Å². The summed E-state index contributed by atoms with van der Waals surface area (Å²) in [4.78, 5) is 14.0. The zero-order valence-electron chi connectivity index (χ0n) is 8.75. The second kappa shape index (κ2) is 4.55. The molecule has 0 spiro atoms. The second-order valence-electron chi connectivity index (χ2n) is 3.13. The summed E-state index contributed by atoms with van der Waals surface area (Å²) in [6, 6.07) is 5.41. The third-order valence-corrected chi connectivity index (χ3v) is 1.99. The Morgan fingerprint density at radius 1 is 1.56 bits per heavy atom. The van der Waals surface area contributed by atoms with Crippen LogP contribution in [0.25, 0.3) is 0 Å². The fourth-order valence-corrected chi connectivity index (χ4v) is 1.19. The summed E-state index contributed by atoms with van der Waals surface area (Å²) in [6.45, 7) is 0. The number of aromatic nitrogens is 1. The van der Waals surface area contributed by atoms with E-state index in [2.05, 4.69) is 4.98 Å². The maximum atomic E-state index is 13.2. The van der Waals surface area contributed by atoms with Crippen LogP contribution in [-0.2, 0) is 0 Å². The molecule has 1 heterocycles. The average Bonchev–Trinajstić information content (AvgIpc) is 2.78. The summed E-state index contributed by atoms with van der Waals surface area (Å²) in [7, 11) is 0. The lowest BCUT2D eigenvalue weighted by atomic mass is 10.2. The van der Waals surface area contributed by atoms with Crippen LogP contribution >= 0.6 is 0 Å². The number of oxazole rings is 1. The number of carbonyl (C=O) groups is 1. The first-order chi connectivity index (χ1) is 8.61. The third-order valence-electron chi connectivity index (χ3n) is 1.99. The van der Waals surface area contributed by atoms with Crippen molar-refractivity contribution in [2.45, 2.75) is 0 Å². The molecule has 1 N–H and O–H groups in total. The summed E-state index contributed by atoms with van der Waals surface area (Å²) in [5.41, 5.74) is -0.660. The number of ether oxygens (including phenoxy) is 1. The zero-order chi connectivity index (χ0) is 13.1. The van der Waals surface area contributed by atoms with Crippen LogP contribution < -0.4 is 4.74 Å². The molecule has 2 aromatic rings. The molecular formula is C11H5FN2O4. The molecule has 0 aliphatic carbocycles. The highest BCUT2D eigenvalue weighted by Gasteiger charge is 2.15. The Morgan fingerprint density at radius 3 is 2.94 bits per heavy atom. The summed E-state index contributed by atoms with van der Waals surface area (Å²) in [6.07, 6.45) is 0.498. The van der Waals surface area contributed by atoms with Gasteiger partial charge in [-0.15, -0.1) is 0 Å². The van der Waals surface area contributed by atoms with Gasteiger partial charge in [-0.05, 0) is 12.1 Å². The number of nitrogens with zero attached hydrogens (tertiary/aromatic N) is 2. The first kappa shape index (κ1) is 11.6. The summed E-state index contributed by atoms with van der Waals surface area (Å²) in [5.74, 6) is -2.13. The SMILES string of the molecule is N#Cc1c(F)cccc1Oc1nc(C(=O)O)co1. The molecule has 0 radical (unpaired) electrons. The maximum absolute atomic E-state index is 13.2. The molecule has 0 saturated carbocycles. The zero-order valence-corrected chi connectivity index (χ0v) is 8.75. The summed E-state index contributed by atoms with van der Waals surface area (Å²) >= 11 is 0. The van der Waals surface area contributed by atoms with Crippen LogP contribution in [0, 0.1) is 17.1 Å².